The summed E-state index contributed by atoms with van der Waals surface area (Å²) in [5, 5.41) is 18.4. The summed E-state index contributed by atoms with van der Waals surface area (Å²) in [5.41, 5.74) is 5.16. The molecule has 2 aromatic heterocycles. The average molecular weight is 579 g/mol. The van der Waals surface area contributed by atoms with Crippen LogP contribution in [0.1, 0.15) is 70.6 Å². The van der Waals surface area contributed by atoms with Gasteiger partial charge in [-0.2, -0.15) is 0 Å². The van der Waals surface area contributed by atoms with Gasteiger partial charge in [-0.05, 0) is 70.6 Å². The minimum absolute atomic E-state index is 0.0867. The molecule has 1 aromatic carbocycles. The summed E-state index contributed by atoms with van der Waals surface area (Å²) in [6.07, 6.45) is 4.99. The molecule has 42 heavy (non-hydrogen) atoms. The Morgan fingerprint density at radius 2 is 1.79 bits per heavy atom. The molecule has 3 aromatic rings. The third-order valence-corrected chi connectivity index (χ3v) is 8.15. The maximum absolute atomic E-state index is 12.4. The topological polar surface area (TPSA) is 104 Å². The molecular formula is C32H46N6O4. The lowest BCUT2D eigenvalue weighted by atomic mass is 9.85. The van der Waals surface area contributed by atoms with Crippen molar-refractivity contribution in [3.05, 3.63) is 47.8 Å². The van der Waals surface area contributed by atoms with Gasteiger partial charge in [0.15, 0.2) is 0 Å². The first kappa shape index (κ1) is 30.3. The molecule has 0 radical (unpaired) electrons. The van der Waals surface area contributed by atoms with Crippen molar-refractivity contribution in [1.29, 1.82) is 0 Å². The summed E-state index contributed by atoms with van der Waals surface area (Å²) in [7, 11) is 1.69. The van der Waals surface area contributed by atoms with Crippen molar-refractivity contribution in [3.8, 4) is 11.1 Å². The summed E-state index contributed by atoms with van der Waals surface area (Å²) >= 11 is 0. The van der Waals surface area contributed by atoms with Gasteiger partial charge in [0.25, 0.3) is 0 Å². The van der Waals surface area contributed by atoms with Crippen LogP contribution in [0.2, 0.25) is 0 Å². The fraction of sp³-hybridized carbons (Fsp3) is 0.594. The second-order valence-corrected chi connectivity index (χ2v) is 12.8. The number of nitrogens with one attached hydrogen (secondary N) is 1. The van der Waals surface area contributed by atoms with E-state index in [9.17, 15) is 9.90 Å². The average Bonchev–Trinajstić information content (AvgIpc) is 3.32. The highest BCUT2D eigenvalue weighted by atomic mass is 16.6. The molecule has 1 aliphatic carbocycles. The van der Waals surface area contributed by atoms with Crippen LogP contribution in [0, 0.1) is 0 Å². The number of piperazine rings is 1. The highest BCUT2D eigenvalue weighted by Crippen LogP contribution is 2.37. The predicted molar refractivity (Wildman–Crippen MR) is 164 cm³/mol. The summed E-state index contributed by atoms with van der Waals surface area (Å²) in [6.45, 7) is 12.1. The van der Waals surface area contributed by atoms with Crippen LogP contribution in [0.4, 0.5) is 10.7 Å². The Labute approximate surface area is 249 Å². The van der Waals surface area contributed by atoms with Crippen LogP contribution >= 0.6 is 0 Å². The fourth-order valence-corrected chi connectivity index (χ4v) is 5.95. The summed E-state index contributed by atoms with van der Waals surface area (Å²) in [4.78, 5) is 21.2. The van der Waals surface area contributed by atoms with E-state index < -0.39 is 5.60 Å². The van der Waals surface area contributed by atoms with Crippen molar-refractivity contribution >= 4 is 17.6 Å². The van der Waals surface area contributed by atoms with Crippen molar-refractivity contribution in [2.24, 2.45) is 0 Å². The van der Waals surface area contributed by atoms with E-state index in [1.54, 1.807) is 12.0 Å². The van der Waals surface area contributed by atoms with Crippen LogP contribution in [0.15, 0.2) is 36.5 Å². The smallest absolute Gasteiger partial charge is 0.410 e. The Kier molecular flexibility index (Phi) is 9.35. The lowest BCUT2D eigenvalue weighted by Crippen LogP contribution is -2.49. The number of fused-ring (bicyclic) bond motifs is 1. The quantitative estimate of drug-likeness (QED) is 0.389. The second-order valence-electron chi connectivity index (χ2n) is 12.8. The number of benzene rings is 1. The molecule has 5 rings (SSSR count). The number of ether oxygens (including phenoxy) is 2. The predicted octanol–water partition coefficient (Wildman–Crippen LogP) is 4.91. The van der Waals surface area contributed by atoms with Gasteiger partial charge in [-0.25, -0.2) is 14.3 Å². The number of anilines is 1. The number of carbonyl (C=O) groups excluding carboxylic acids is 1. The second kappa shape index (κ2) is 13.0. The third-order valence-electron chi connectivity index (χ3n) is 8.15. The molecule has 1 unspecified atom stereocenters. The first-order chi connectivity index (χ1) is 20.1. The van der Waals surface area contributed by atoms with E-state index in [2.05, 4.69) is 45.5 Å². The molecule has 10 heteroatoms. The first-order valence-electron chi connectivity index (χ1n) is 15.2. The maximum atomic E-state index is 12.4. The number of aliphatic hydroxyl groups excluding tert-OH is 1. The summed E-state index contributed by atoms with van der Waals surface area (Å²) < 4.78 is 12.8. The number of nitrogens with zero attached hydrogens (tertiary/aromatic N) is 5. The van der Waals surface area contributed by atoms with E-state index in [-0.39, 0.29) is 18.2 Å². The molecule has 2 N–H and O–H groups in total. The third kappa shape index (κ3) is 7.40. The first-order valence-corrected chi connectivity index (χ1v) is 15.2. The molecule has 0 bridgehead atoms. The van der Waals surface area contributed by atoms with Crippen LogP contribution in [0.3, 0.4) is 0 Å². The number of hydrogen-bond donors (Lipinski definition) is 2. The standard InChI is InChI=1S/C32H46N6O4/c1-22(21-41-5)34-30-33-19-29-27(18-28(38(29)35-30)25-10-12-26(39)13-11-25)24-8-6-23(7-9-24)20-36-14-16-37(17-15-36)31(40)42-32(2,3)4/h6-9,18-19,22,25-26,39H,10-17,20-21H2,1-5H3,(H,34,35)/t22?,25-,26-. The van der Waals surface area contributed by atoms with Gasteiger partial charge in [0.05, 0.1) is 24.4 Å². The van der Waals surface area contributed by atoms with E-state index >= 15 is 0 Å². The number of aliphatic hydroxyl groups is 1. The van der Waals surface area contributed by atoms with Crippen LogP contribution in [0.25, 0.3) is 16.6 Å². The molecular weight excluding hydrogens is 532 g/mol. The summed E-state index contributed by atoms with van der Waals surface area (Å²) in [5.74, 6) is 0.917. The van der Waals surface area contributed by atoms with Crippen molar-refractivity contribution in [2.75, 3.05) is 45.2 Å². The number of rotatable bonds is 8. The molecule has 1 aliphatic heterocycles. The lowest BCUT2D eigenvalue weighted by Gasteiger charge is -2.35. The monoisotopic (exact) mass is 578 g/mol. The van der Waals surface area contributed by atoms with E-state index in [0.29, 0.717) is 31.6 Å². The zero-order valence-electron chi connectivity index (χ0n) is 25.7. The Bertz CT molecular complexity index is 1340. The van der Waals surface area contributed by atoms with Gasteiger partial charge in [0.1, 0.15) is 5.60 Å². The molecule has 0 spiro atoms. The highest BCUT2D eigenvalue weighted by molar-refractivity contribution is 5.81. The summed E-state index contributed by atoms with van der Waals surface area (Å²) in [6, 6.07) is 11.1. The van der Waals surface area contributed by atoms with Crippen molar-refractivity contribution in [2.45, 2.75) is 83.6 Å². The minimum Gasteiger partial charge on any atom is -0.444 e. The Morgan fingerprint density at radius 3 is 2.43 bits per heavy atom. The normalized spacial score (nSPS) is 21.0. The van der Waals surface area contributed by atoms with Gasteiger partial charge in [0.2, 0.25) is 5.95 Å². The number of carbonyl (C=O) groups is 1. The number of hydrogen-bond acceptors (Lipinski definition) is 8. The molecule has 2 aliphatic rings. The minimum atomic E-state index is -0.477. The van der Waals surface area contributed by atoms with Gasteiger partial charge in [-0.1, -0.05) is 24.3 Å². The van der Waals surface area contributed by atoms with Gasteiger partial charge in [-0.3, -0.25) is 4.90 Å². The van der Waals surface area contributed by atoms with E-state index in [4.69, 9.17) is 14.6 Å². The van der Waals surface area contributed by atoms with Gasteiger partial charge in [0, 0.05) is 63.1 Å². The van der Waals surface area contributed by atoms with Crippen molar-refractivity contribution in [3.63, 3.8) is 0 Å². The van der Waals surface area contributed by atoms with Crippen molar-refractivity contribution in [1.82, 2.24) is 24.4 Å². The molecule has 228 valence electrons. The zero-order chi connectivity index (χ0) is 29.9. The molecule has 1 saturated heterocycles. The molecule has 10 nitrogen and oxygen atoms in total. The fourth-order valence-electron chi connectivity index (χ4n) is 5.95. The number of aromatic nitrogens is 3. The molecule has 2 fully saturated rings. The Hall–Kier alpha value is -3.21. The van der Waals surface area contributed by atoms with Crippen LogP contribution < -0.4 is 5.32 Å². The maximum Gasteiger partial charge on any atom is 0.410 e. The SMILES string of the molecule is COCC(C)Nc1ncc2c(-c3ccc(CN4CCN(C(=O)OC(C)(C)C)CC4)cc3)cc([C@H]3CC[C@H](O)CC3)n2n1. The van der Waals surface area contributed by atoms with Gasteiger partial charge < -0.3 is 24.8 Å². The molecule has 1 atom stereocenters. The van der Waals surface area contributed by atoms with E-state index in [1.165, 1.54) is 11.3 Å². The van der Waals surface area contributed by atoms with Gasteiger partial charge in [-0.15, -0.1) is 5.10 Å². The molecule has 3 heterocycles. The number of methoxy groups -OCH3 is 1. The van der Waals surface area contributed by atoms with Crippen molar-refractivity contribution < 1.29 is 19.4 Å². The number of amides is 1. The van der Waals surface area contributed by atoms with E-state index in [1.807, 2.05) is 38.4 Å². The van der Waals surface area contributed by atoms with Crippen LogP contribution in [-0.4, -0.2) is 93.2 Å². The Morgan fingerprint density at radius 1 is 1.10 bits per heavy atom. The van der Waals surface area contributed by atoms with E-state index in [0.717, 1.165) is 62.0 Å². The largest absolute Gasteiger partial charge is 0.444 e. The zero-order valence-corrected chi connectivity index (χ0v) is 25.7. The molecule has 1 amide bonds. The Balaban J connectivity index is 1.31. The van der Waals surface area contributed by atoms with Crippen LogP contribution in [0.5, 0.6) is 0 Å². The lowest BCUT2D eigenvalue weighted by molar-refractivity contribution is 0.0139. The molecule has 1 saturated carbocycles. The van der Waals surface area contributed by atoms with Crippen LogP contribution in [-0.2, 0) is 16.0 Å². The van der Waals surface area contributed by atoms with Gasteiger partial charge >= 0.3 is 6.09 Å². The highest BCUT2D eigenvalue weighted by Gasteiger charge is 2.27.